The Bertz CT molecular complexity index is 730. The normalized spacial score (nSPS) is 23.8. The summed E-state index contributed by atoms with van der Waals surface area (Å²) in [5.41, 5.74) is 0.790. The Balaban J connectivity index is 1.53. The van der Waals surface area contributed by atoms with Crippen LogP contribution < -0.4 is 0 Å². The molecule has 0 spiro atoms. The Morgan fingerprint density at radius 3 is 2.71 bits per heavy atom. The Hall–Kier alpha value is -1.82. The minimum Gasteiger partial charge on any atom is -0.338 e. The van der Waals surface area contributed by atoms with E-state index in [1.54, 1.807) is 18.5 Å². The molecule has 0 aromatic carbocycles. The van der Waals surface area contributed by atoms with Crippen molar-refractivity contribution in [1.82, 2.24) is 19.9 Å². The van der Waals surface area contributed by atoms with Gasteiger partial charge < -0.3 is 4.90 Å². The summed E-state index contributed by atoms with van der Waals surface area (Å²) in [6, 6.07) is 1.78. The molecule has 2 unspecified atom stereocenters. The summed E-state index contributed by atoms with van der Waals surface area (Å²) < 4.78 is 0. The number of fused-ring (bicyclic) bond motifs is 1. The number of carbonyl (C=O) groups is 1. The van der Waals surface area contributed by atoms with Gasteiger partial charge >= 0.3 is 0 Å². The van der Waals surface area contributed by atoms with E-state index in [1.807, 2.05) is 11.8 Å². The third kappa shape index (κ3) is 2.95. The fraction of sp³-hybridized carbons (Fsp3) is 0.556. The second-order valence-electron chi connectivity index (χ2n) is 6.85. The van der Waals surface area contributed by atoms with Crippen LogP contribution in [-0.2, 0) is 0 Å². The Labute approximate surface area is 146 Å². The number of piperidine rings is 1. The highest BCUT2D eigenvalue weighted by atomic mass is 32.1. The van der Waals surface area contributed by atoms with Crippen LogP contribution in [-0.4, -0.2) is 38.8 Å². The van der Waals surface area contributed by atoms with Crippen molar-refractivity contribution in [2.24, 2.45) is 11.8 Å². The van der Waals surface area contributed by atoms with Gasteiger partial charge in [0.2, 0.25) is 0 Å². The van der Waals surface area contributed by atoms with E-state index in [9.17, 15) is 4.79 Å². The van der Waals surface area contributed by atoms with Crippen LogP contribution in [0.1, 0.15) is 47.5 Å². The van der Waals surface area contributed by atoms with Crippen molar-refractivity contribution < 1.29 is 4.79 Å². The number of hydrogen-bond acceptors (Lipinski definition) is 5. The van der Waals surface area contributed by atoms with Gasteiger partial charge in [0.15, 0.2) is 10.8 Å². The first-order valence-electron chi connectivity index (χ1n) is 8.76. The summed E-state index contributed by atoms with van der Waals surface area (Å²) in [7, 11) is 0. The predicted octanol–water partition coefficient (Wildman–Crippen LogP) is 3.56. The minimum absolute atomic E-state index is 0.135. The number of rotatable bonds is 2. The van der Waals surface area contributed by atoms with Crippen LogP contribution in [0.2, 0.25) is 0 Å². The van der Waals surface area contributed by atoms with E-state index in [0.29, 0.717) is 11.7 Å². The van der Waals surface area contributed by atoms with Crippen LogP contribution in [0.3, 0.4) is 0 Å². The van der Waals surface area contributed by atoms with Gasteiger partial charge in [-0.3, -0.25) is 4.79 Å². The number of aromatic nitrogens is 3. The van der Waals surface area contributed by atoms with E-state index in [2.05, 4.69) is 15.0 Å². The van der Waals surface area contributed by atoms with Crippen LogP contribution >= 0.6 is 11.3 Å². The first-order valence-corrected chi connectivity index (χ1v) is 9.58. The summed E-state index contributed by atoms with van der Waals surface area (Å²) in [4.78, 5) is 28.8. The minimum atomic E-state index is 0.135. The zero-order valence-corrected chi connectivity index (χ0v) is 14.8. The highest BCUT2D eigenvalue weighted by Gasteiger charge is 2.34. The van der Waals surface area contributed by atoms with Gasteiger partial charge in [-0.2, -0.15) is 0 Å². The lowest BCUT2D eigenvalue weighted by Crippen LogP contribution is -2.44. The van der Waals surface area contributed by atoms with E-state index >= 15 is 0 Å². The van der Waals surface area contributed by atoms with Gasteiger partial charge in [-0.15, -0.1) is 11.3 Å². The standard InChI is InChI=1S/C18H22N4OS/c1-12-15(24-17(21-12)16-19-8-4-9-20-16)18(23)22-10-7-13-5-2-3-6-14(13)11-22/h4,8-9,13-14H,2-3,5-7,10-11H2,1H3. The molecular formula is C18H22N4OS. The molecule has 3 heterocycles. The highest BCUT2D eigenvalue weighted by molar-refractivity contribution is 7.17. The summed E-state index contributed by atoms with van der Waals surface area (Å²) in [6.45, 7) is 3.70. The third-order valence-corrected chi connectivity index (χ3v) is 6.47. The Morgan fingerprint density at radius 2 is 1.92 bits per heavy atom. The van der Waals surface area contributed by atoms with Gasteiger partial charge in [-0.1, -0.05) is 19.3 Å². The second kappa shape index (κ2) is 6.59. The number of likely N-dealkylation sites (tertiary alicyclic amines) is 1. The van der Waals surface area contributed by atoms with Crippen LogP contribution in [0.4, 0.5) is 0 Å². The van der Waals surface area contributed by atoms with E-state index in [4.69, 9.17) is 0 Å². The molecule has 126 valence electrons. The van der Waals surface area contributed by atoms with Gasteiger partial charge in [0.25, 0.3) is 5.91 Å². The molecule has 6 heteroatoms. The van der Waals surface area contributed by atoms with Crippen molar-refractivity contribution in [2.45, 2.75) is 39.0 Å². The number of thiazole rings is 1. The zero-order valence-electron chi connectivity index (χ0n) is 13.9. The topological polar surface area (TPSA) is 59.0 Å². The first kappa shape index (κ1) is 15.7. The maximum Gasteiger partial charge on any atom is 0.265 e. The molecular weight excluding hydrogens is 320 g/mol. The fourth-order valence-electron chi connectivity index (χ4n) is 4.03. The monoisotopic (exact) mass is 342 g/mol. The Morgan fingerprint density at radius 1 is 1.17 bits per heavy atom. The number of nitrogens with zero attached hydrogens (tertiary/aromatic N) is 4. The molecule has 0 N–H and O–H groups in total. The third-order valence-electron chi connectivity index (χ3n) is 5.33. The van der Waals surface area contributed by atoms with Crippen LogP contribution in [0, 0.1) is 18.8 Å². The molecule has 1 aliphatic heterocycles. The SMILES string of the molecule is Cc1nc(-c2ncccn2)sc1C(=O)N1CCC2CCCCC2C1. The average Bonchev–Trinajstić information content (AvgIpc) is 3.03. The molecule has 1 amide bonds. The smallest absolute Gasteiger partial charge is 0.265 e. The van der Waals surface area contributed by atoms with Crippen molar-refractivity contribution in [3.05, 3.63) is 29.0 Å². The first-order chi connectivity index (χ1) is 11.7. The Kier molecular flexibility index (Phi) is 4.31. The molecule has 5 nitrogen and oxygen atoms in total. The van der Waals surface area contributed by atoms with Gasteiger partial charge in [-0.25, -0.2) is 15.0 Å². The lowest BCUT2D eigenvalue weighted by molar-refractivity contribution is 0.0524. The molecule has 4 rings (SSSR count). The van der Waals surface area contributed by atoms with Crippen LogP contribution in [0.25, 0.3) is 10.8 Å². The van der Waals surface area contributed by atoms with Gasteiger partial charge in [0.1, 0.15) is 4.88 Å². The quantitative estimate of drug-likeness (QED) is 0.837. The van der Waals surface area contributed by atoms with Crippen molar-refractivity contribution in [1.29, 1.82) is 0 Å². The zero-order chi connectivity index (χ0) is 16.5. The largest absolute Gasteiger partial charge is 0.338 e. The molecule has 2 fully saturated rings. The summed E-state index contributed by atoms with van der Waals surface area (Å²) in [5.74, 6) is 2.26. The van der Waals surface area contributed by atoms with Gasteiger partial charge in [-0.05, 0) is 37.7 Å². The molecule has 2 atom stereocenters. The van der Waals surface area contributed by atoms with Crippen LogP contribution in [0.15, 0.2) is 18.5 Å². The van der Waals surface area contributed by atoms with Crippen LogP contribution in [0.5, 0.6) is 0 Å². The lowest BCUT2D eigenvalue weighted by atomic mass is 9.75. The molecule has 2 aromatic rings. The van der Waals surface area contributed by atoms with Crippen molar-refractivity contribution in [3.8, 4) is 10.8 Å². The van der Waals surface area contributed by atoms with Crippen molar-refractivity contribution >= 4 is 17.2 Å². The van der Waals surface area contributed by atoms with Crippen molar-refractivity contribution in [3.63, 3.8) is 0 Å². The fourth-order valence-corrected chi connectivity index (χ4v) is 5.01. The molecule has 1 saturated heterocycles. The number of amides is 1. The average molecular weight is 342 g/mol. The number of hydrogen-bond donors (Lipinski definition) is 0. The highest BCUT2D eigenvalue weighted by Crippen LogP contribution is 2.37. The van der Waals surface area contributed by atoms with Gasteiger partial charge in [0, 0.05) is 25.5 Å². The maximum absolute atomic E-state index is 13.0. The summed E-state index contributed by atoms with van der Waals surface area (Å²) in [6.07, 6.45) is 9.87. The van der Waals surface area contributed by atoms with Gasteiger partial charge in [0.05, 0.1) is 5.69 Å². The molecule has 0 bridgehead atoms. The van der Waals surface area contributed by atoms with E-state index in [0.717, 1.165) is 41.0 Å². The summed E-state index contributed by atoms with van der Waals surface area (Å²) in [5, 5.41) is 0.726. The molecule has 0 radical (unpaired) electrons. The lowest BCUT2D eigenvalue weighted by Gasteiger charge is -2.41. The molecule has 24 heavy (non-hydrogen) atoms. The number of aryl methyl sites for hydroxylation is 1. The molecule has 1 aliphatic carbocycles. The molecule has 1 saturated carbocycles. The predicted molar refractivity (Wildman–Crippen MR) is 93.8 cm³/mol. The second-order valence-corrected chi connectivity index (χ2v) is 7.85. The van der Waals surface area contributed by atoms with E-state index < -0.39 is 0 Å². The maximum atomic E-state index is 13.0. The molecule has 2 aromatic heterocycles. The van der Waals surface area contributed by atoms with E-state index in [1.165, 1.54) is 37.0 Å². The van der Waals surface area contributed by atoms with E-state index in [-0.39, 0.29) is 5.91 Å². The number of carbonyl (C=O) groups excluding carboxylic acids is 1. The molecule has 2 aliphatic rings. The van der Waals surface area contributed by atoms with Crippen molar-refractivity contribution in [2.75, 3.05) is 13.1 Å². The summed E-state index contributed by atoms with van der Waals surface area (Å²) >= 11 is 1.42.